The van der Waals surface area contributed by atoms with E-state index < -0.39 is 0 Å². The summed E-state index contributed by atoms with van der Waals surface area (Å²) in [6.45, 7) is 11.9. The van der Waals surface area contributed by atoms with Crippen molar-refractivity contribution in [3.8, 4) is 0 Å². The van der Waals surface area contributed by atoms with Gasteiger partial charge in [-0.15, -0.1) is 10.2 Å². The highest BCUT2D eigenvalue weighted by Crippen LogP contribution is 2.28. The molecule has 0 radical (unpaired) electrons. The fraction of sp³-hybridized carbons (Fsp3) is 0.842. The summed E-state index contributed by atoms with van der Waals surface area (Å²) in [5.41, 5.74) is -0.224. The van der Waals surface area contributed by atoms with Crippen LogP contribution in [0.25, 0.3) is 0 Å². The standard InChI is InChI=1S/C19H33N5O2S/c1-14-7-9-23(10-8-14)17-21-22-18(24(17)12-15-6-5-11-26-15)27-13-16(25)20-19(2,3)4/h14-15H,5-13H2,1-4H3,(H,20,25). The largest absolute Gasteiger partial charge is 0.376 e. The third-order valence-electron chi connectivity index (χ3n) is 5.02. The summed E-state index contributed by atoms with van der Waals surface area (Å²) in [4.78, 5) is 14.5. The molecule has 7 nitrogen and oxygen atoms in total. The minimum atomic E-state index is -0.224. The van der Waals surface area contributed by atoms with Gasteiger partial charge in [0.15, 0.2) is 5.16 Å². The molecule has 2 fully saturated rings. The molecule has 1 amide bonds. The minimum Gasteiger partial charge on any atom is -0.376 e. The molecule has 152 valence electrons. The SMILES string of the molecule is CC1CCN(c2nnc(SCC(=O)NC(C)(C)C)n2CC2CCCO2)CC1. The van der Waals surface area contributed by atoms with Gasteiger partial charge in [0.1, 0.15) is 0 Å². The monoisotopic (exact) mass is 395 g/mol. The van der Waals surface area contributed by atoms with Crippen LogP contribution in [-0.2, 0) is 16.1 Å². The summed E-state index contributed by atoms with van der Waals surface area (Å²) in [6.07, 6.45) is 4.77. The summed E-state index contributed by atoms with van der Waals surface area (Å²) >= 11 is 1.46. The highest BCUT2D eigenvalue weighted by Gasteiger charge is 2.26. The quantitative estimate of drug-likeness (QED) is 0.747. The first-order chi connectivity index (χ1) is 12.8. The van der Waals surface area contributed by atoms with Crippen molar-refractivity contribution in [3.05, 3.63) is 0 Å². The lowest BCUT2D eigenvalue weighted by atomic mass is 10.00. The molecule has 0 aliphatic carbocycles. The first kappa shape index (κ1) is 20.5. The lowest BCUT2D eigenvalue weighted by Crippen LogP contribution is -2.41. The van der Waals surface area contributed by atoms with Gasteiger partial charge in [0.25, 0.3) is 0 Å². The summed E-state index contributed by atoms with van der Waals surface area (Å²) < 4.78 is 8.02. The van der Waals surface area contributed by atoms with Crippen LogP contribution in [-0.4, -0.2) is 57.8 Å². The number of hydrogen-bond acceptors (Lipinski definition) is 6. The third kappa shape index (κ3) is 5.85. The second kappa shape index (κ2) is 8.82. The van der Waals surface area contributed by atoms with Gasteiger partial charge in [-0.25, -0.2) is 0 Å². The van der Waals surface area contributed by atoms with Crippen molar-refractivity contribution in [2.75, 3.05) is 30.3 Å². The normalized spacial score (nSPS) is 21.6. The molecular formula is C19H33N5O2S. The van der Waals surface area contributed by atoms with Crippen LogP contribution < -0.4 is 10.2 Å². The van der Waals surface area contributed by atoms with E-state index in [2.05, 4.69) is 31.9 Å². The molecule has 1 unspecified atom stereocenters. The molecule has 27 heavy (non-hydrogen) atoms. The van der Waals surface area contributed by atoms with E-state index in [1.165, 1.54) is 24.6 Å². The fourth-order valence-corrected chi connectivity index (χ4v) is 4.31. The molecule has 0 saturated carbocycles. The Morgan fingerprint density at radius 2 is 2.00 bits per heavy atom. The number of nitrogens with one attached hydrogen (secondary N) is 1. The summed E-state index contributed by atoms with van der Waals surface area (Å²) in [5.74, 6) is 2.06. The molecular weight excluding hydrogens is 362 g/mol. The smallest absolute Gasteiger partial charge is 0.230 e. The molecule has 0 aromatic carbocycles. The highest BCUT2D eigenvalue weighted by atomic mass is 32.2. The van der Waals surface area contributed by atoms with E-state index in [4.69, 9.17) is 4.74 Å². The minimum absolute atomic E-state index is 0.0208. The molecule has 3 heterocycles. The Balaban J connectivity index is 1.71. The van der Waals surface area contributed by atoms with Crippen molar-refractivity contribution in [1.29, 1.82) is 0 Å². The van der Waals surface area contributed by atoms with Crippen molar-refractivity contribution in [3.63, 3.8) is 0 Å². The Labute approximate surface area is 166 Å². The molecule has 8 heteroatoms. The van der Waals surface area contributed by atoms with Gasteiger partial charge >= 0.3 is 0 Å². The molecule has 3 rings (SSSR count). The highest BCUT2D eigenvalue weighted by molar-refractivity contribution is 7.99. The van der Waals surface area contributed by atoms with E-state index in [9.17, 15) is 4.79 Å². The topological polar surface area (TPSA) is 72.3 Å². The average Bonchev–Trinajstić information content (AvgIpc) is 3.23. The second-order valence-electron chi connectivity index (χ2n) is 8.78. The van der Waals surface area contributed by atoms with E-state index in [0.29, 0.717) is 5.75 Å². The maximum atomic E-state index is 12.2. The zero-order valence-corrected chi connectivity index (χ0v) is 17.8. The predicted molar refractivity (Wildman–Crippen MR) is 108 cm³/mol. The molecule has 1 aromatic rings. The third-order valence-corrected chi connectivity index (χ3v) is 5.99. The Bertz CT molecular complexity index is 629. The molecule has 2 aliphatic heterocycles. The maximum Gasteiger partial charge on any atom is 0.230 e. The first-order valence-corrected chi connectivity index (χ1v) is 11.0. The van der Waals surface area contributed by atoms with Crippen LogP contribution >= 0.6 is 11.8 Å². The number of thioether (sulfide) groups is 1. The van der Waals surface area contributed by atoms with E-state index in [-0.39, 0.29) is 17.6 Å². The zero-order valence-electron chi connectivity index (χ0n) is 17.0. The van der Waals surface area contributed by atoms with Crippen molar-refractivity contribution >= 4 is 23.6 Å². The Morgan fingerprint density at radius 3 is 2.63 bits per heavy atom. The number of amides is 1. The van der Waals surface area contributed by atoms with Crippen molar-refractivity contribution in [2.24, 2.45) is 5.92 Å². The maximum absolute atomic E-state index is 12.2. The van der Waals surface area contributed by atoms with E-state index in [1.54, 1.807) is 0 Å². The lowest BCUT2D eigenvalue weighted by Gasteiger charge is -2.31. The molecule has 1 N–H and O–H groups in total. The van der Waals surface area contributed by atoms with Crippen molar-refractivity contribution < 1.29 is 9.53 Å². The average molecular weight is 396 g/mol. The molecule has 0 spiro atoms. The molecule has 0 bridgehead atoms. The van der Waals surface area contributed by atoms with Gasteiger partial charge < -0.3 is 15.0 Å². The number of carbonyl (C=O) groups excluding carboxylic acids is 1. The van der Waals surface area contributed by atoms with Gasteiger partial charge in [-0.1, -0.05) is 18.7 Å². The molecule has 2 aliphatic rings. The number of ether oxygens (including phenoxy) is 1. The number of anilines is 1. The number of rotatable bonds is 6. The van der Waals surface area contributed by atoms with Crippen molar-refractivity contribution in [1.82, 2.24) is 20.1 Å². The zero-order chi connectivity index (χ0) is 19.4. The van der Waals surface area contributed by atoms with Gasteiger partial charge in [0.2, 0.25) is 11.9 Å². The van der Waals surface area contributed by atoms with Crippen LogP contribution in [0, 0.1) is 5.92 Å². The van der Waals surface area contributed by atoms with Gasteiger partial charge in [0.05, 0.1) is 18.4 Å². The fourth-order valence-electron chi connectivity index (χ4n) is 3.57. The van der Waals surface area contributed by atoms with Crippen LogP contribution in [0.5, 0.6) is 0 Å². The van der Waals surface area contributed by atoms with Gasteiger partial charge in [0, 0.05) is 25.2 Å². The van der Waals surface area contributed by atoms with E-state index in [1.807, 2.05) is 20.8 Å². The Morgan fingerprint density at radius 1 is 1.26 bits per heavy atom. The van der Waals surface area contributed by atoms with Crippen LogP contribution in [0.2, 0.25) is 0 Å². The number of piperidine rings is 1. The summed E-state index contributed by atoms with van der Waals surface area (Å²) in [7, 11) is 0. The lowest BCUT2D eigenvalue weighted by molar-refractivity contribution is -0.119. The van der Waals surface area contributed by atoms with Crippen molar-refractivity contribution in [2.45, 2.75) is 76.7 Å². The van der Waals surface area contributed by atoms with E-state index in [0.717, 1.165) is 56.1 Å². The van der Waals surface area contributed by atoms with E-state index >= 15 is 0 Å². The van der Waals surface area contributed by atoms with Crippen LogP contribution in [0.1, 0.15) is 53.4 Å². The van der Waals surface area contributed by atoms with Gasteiger partial charge in [-0.3, -0.25) is 9.36 Å². The number of nitrogens with zero attached hydrogens (tertiary/aromatic N) is 4. The molecule has 2 saturated heterocycles. The first-order valence-electron chi connectivity index (χ1n) is 10.1. The number of hydrogen-bond donors (Lipinski definition) is 1. The number of aromatic nitrogens is 3. The summed E-state index contributed by atoms with van der Waals surface area (Å²) in [6, 6.07) is 0. The Kier molecular flexibility index (Phi) is 6.68. The van der Waals surface area contributed by atoms with Crippen LogP contribution in [0.3, 0.4) is 0 Å². The van der Waals surface area contributed by atoms with Gasteiger partial charge in [-0.2, -0.15) is 0 Å². The summed E-state index contributed by atoms with van der Waals surface area (Å²) in [5, 5.41) is 12.7. The molecule has 1 aromatic heterocycles. The Hall–Kier alpha value is -1.28. The predicted octanol–water partition coefficient (Wildman–Crippen LogP) is 2.70. The van der Waals surface area contributed by atoms with Crippen LogP contribution in [0.4, 0.5) is 5.95 Å². The molecule has 1 atom stereocenters. The number of carbonyl (C=O) groups is 1. The van der Waals surface area contributed by atoms with Gasteiger partial charge in [-0.05, 0) is 52.4 Å². The van der Waals surface area contributed by atoms with Crippen LogP contribution in [0.15, 0.2) is 5.16 Å². The second-order valence-corrected chi connectivity index (χ2v) is 9.73.